The number of anilines is 2. The number of nitrogens with one attached hydrogen (secondary N) is 2. The van der Waals surface area contributed by atoms with Gasteiger partial charge in [-0.05, 0) is 38.1 Å². The standard InChI is InChI=1S/C24H27N5O4/c1-14-12-29(13-15(2)26-14)19-8-7-16(21-17(19)11-25-24(28-21)31-3)23(30)27-18-5-4-6-20-22(18)33-10-9-32-20/h4-8,11,14-15,26H,9-10,12-13H2,1-3H3,(H,27,30)/t14-,15-/m1/s1. The number of nitrogens with zero attached hydrogens (tertiary/aromatic N) is 3. The predicted octanol–water partition coefficient (Wildman–Crippen LogP) is 2.85. The summed E-state index contributed by atoms with van der Waals surface area (Å²) >= 11 is 0. The van der Waals surface area contributed by atoms with Crippen LogP contribution < -0.4 is 29.7 Å². The Hall–Kier alpha value is -3.59. The summed E-state index contributed by atoms with van der Waals surface area (Å²) in [7, 11) is 1.51. The molecule has 2 N–H and O–H groups in total. The van der Waals surface area contributed by atoms with Crippen LogP contribution in [0, 0.1) is 0 Å². The van der Waals surface area contributed by atoms with Gasteiger partial charge < -0.3 is 29.7 Å². The lowest BCUT2D eigenvalue weighted by Gasteiger charge is -2.38. The van der Waals surface area contributed by atoms with Gasteiger partial charge in [0.2, 0.25) is 0 Å². The molecule has 0 spiro atoms. The van der Waals surface area contributed by atoms with E-state index < -0.39 is 0 Å². The minimum absolute atomic E-state index is 0.213. The first kappa shape index (κ1) is 21.3. The lowest BCUT2D eigenvalue weighted by atomic mass is 10.0. The van der Waals surface area contributed by atoms with Crippen LogP contribution >= 0.6 is 0 Å². The minimum atomic E-state index is -0.295. The molecule has 2 aromatic carbocycles. The van der Waals surface area contributed by atoms with Crippen LogP contribution in [0.4, 0.5) is 11.4 Å². The maximum atomic E-state index is 13.4. The third kappa shape index (κ3) is 4.11. The Morgan fingerprint density at radius 1 is 1.15 bits per heavy atom. The fourth-order valence-electron chi connectivity index (χ4n) is 4.53. The Morgan fingerprint density at radius 2 is 1.94 bits per heavy atom. The van der Waals surface area contributed by atoms with Crippen LogP contribution in [-0.2, 0) is 0 Å². The molecule has 0 saturated carbocycles. The van der Waals surface area contributed by atoms with Crippen LogP contribution in [0.5, 0.6) is 17.5 Å². The summed E-state index contributed by atoms with van der Waals surface area (Å²) in [5.41, 5.74) is 2.52. The largest absolute Gasteiger partial charge is 0.486 e. The Morgan fingerprint density at radius 3 is 2.73 bits per heavy atom. The highest BCUT2D eigenvalue weighted by Gasteiger charge is 2.25. The van der Waals surface area contributed by atoms with E-state index in [-0.39, 0.29) is 11.9 Å². The molecular formula is C24H27N5O4. The van der Waals surface area contributed by atoms with Gasteiger partial charge in [0.1, 0.15) is 13.2 Å². The Balaban J connectivity index is 1.54. The van der Waals surface area contributed by atoms with Crippen molar-refractivity contribution < 1.29 is 19.0 Å². The quantitative estimate of drug-likeness (QED) is 0.628. The van der Waals surface area contributed by atoms with Gasteiger partial charge in [-0.3, -0.25) is 4.79 Å². The summed E-state index contributed by atoms with van der Waals surface area (Å²) in [6.45, 7) is 6.95. The SMILES string of the molecule is COc1ncc2c(N3C[C@@H](C)N[C@H](C)C3)ccc(C(=O)Nc3cccc4c3OCCO4)c2n1. The molecule has 1 aromatic heterocycles. The van der Waals surface area contributed by atoms with Crippen LogP contribution in [0.15, 0.2) is 36.5 Å². The Bertz CT molecular complexity index is 1190. The van der Waals surface area contributed by atoms with E-state index in [0.717, 1.165) is 24.2 Å². The Kier molecular flexibility index (Phi) is 5.63. The van der Waals surface area contributed by atoms with Gasteiger partial charge in [0, 0.05) is 42.4 Å². The number of rotatable bonds is 4. The van der Waals surface area contributed by atoms with Crippen molar-refractivity contribution in [2.75, 3.05) is 43.6 Å². The molecule has 3 heterocycles. The molecule has 2 atom stereocenters. The summed E-state index contributed by atoms with van der Waals surface area (Å²) in [4.78, 5) is 24.5. The highest BCUT2D eigenvalue weighted by molar-refractivity contribution is 6.14. The third-order valence-electron chi connectivity index (χ3n) is 5.85. The maximum absolute atomic E-state index is 13.4. The molecule has 0 unspecified atom stereocenters. The Labute approximate surface area is 192 Å². The van der Waals surface area contributed by atoms with Gasteiger partial charge in [-0.2, -0.15) is 4.98 Å². The second kappa shape index (κ2) is 8.74. The van der Waals surface area contributed by atoms with Gasteiger partial charge in [-0.1, -0.05) is 6.07 Å². The molecule has 33 heavy (non-hydrogen) atoms. The van der Waals surface area contributed by atoms with Crippen molar-refractivity contribution in [1.29, 1.82) is 0 Å². The smallest absolute Gasteiger partial charge is 0.316 e. The fourth-order valence-corrected chi connectivity index (χ4v) is 4.53. The minimum Gasteiger partial charge on any atom is -0.486 e. The molecule has 5 rings (SSSR count). The van der Waals surface area contributed by atoms with E-state index in [9.17, 15) is 4.79 Å². The van der Waals surface area contributed by atoms with E-state index in [0.29, 0.717) is 53.6 Å². The lowest BCUT2D eigenvalue weighted by Crippen LogP contribution is -2.54. The lowest BCUT2D eigenvalue weighted by molar-refractivity contribution is 0.102. The zero-order valence-corrected chi connectivity index (χ0v) is 18.9. The maximum Gasteiger partial charge on any atom is 0.316 e. The van der Waals surface area contributed by atoms with E-state index in [1.54, 1.807) is 12.3 Å². The number of fused-ring (bicyclic) bond motifs is 2. The average Bonchev–Trinajstić information content (AvgIpc) is 2.82. The van der Waals surface area contributed by atoms with Crippen molar-refractivity contribution in [2.24, 2.45) is 0 Å². The van der Waals surface area contributed by atoms with Crippen molar-refractivity contribution in [3.63, 3.8) is 0 Å². The highest BCUT2D eigenvalue weighted by Crippen LogP contribution is 2.38. The number of aromatic nitrogens is 2. The summed E-state index contributed by atoms with van der Waals surface area (Å²) in [6, 6.07) is 10.1. The highest BCUT2D eigenvalue weighted by atomic mass is 16.6. The van der Waals surface area contributed by atoms with Crippen LogP contribution in [0.3, 0.4) is 0 Å². The molecule has 172 valence electrons. The number of para-hydroxylation sites is 1. The van der Waals surface area contributed by atoms with Crippen molar-refractivity contribution in [2.45, 2.75) is 25.9 Å². The first-order valence-electron chi connectivity index (χ1n) is 11.1. The van der Waals surface area contributed by atoms with Crippen LogP contribution in [-0.4, -0.2) is 61.4 Å². The molecule has 1 fully saturated rings. The second-order valence-corrected chi connectivity index (χ2v) is 8.41. The van der Waals surface area contributed by atoms with Crippen molar-refractivity contribution in [1.82, 2.24) is 15.3 Å². The van der Waals surface area contributed by atoms with Gasteiger partial charge in [-0.25, -0.2) is 4.98 Å². The number of amides is 1. The molecular weight excluding hydrogens is 422 g/mol. The van der Waals surface area contributed by atoms with E-state index in [4.69, 9.17) is 14.2 Å². The summed E-state index contributed by atoms with van der Waals surface area (Å²) < 4.78 is 16.6. The van der Waals surface area contributed by atoms with E-state index in [2.05, 4.69) is 39.3 Å². The fraction of sp³-hybridized carbons (Fsp3) is 0.375. The van der Waals surface area contributed by atoms with Crippen LogP contribution in [0.1, 0.15) is 24.2 Å². The number of carbonyl (C=O) groups is 1. The summed E-state index contributed by atoms with van der Waals surface area (Å²) in [5.74, 6) is 0.858. The number of piperazine rings is 1. The molecule has 9 nitrogen and oxygen atoms in total. The number of methoxy groups -OCH3 is 1. The second-order valence-electron chi connectivity index (χ2n) is 8.41. The van der Waals surface area contributed by atoms with Crippen molar-refractivity contribution in [3.05, 3.63) is 42.1 Å². The summed E-state index contributed by atoms with van der Waals surface area (Å²) in [6.07, 6.45) is 1.73. The zero-order chi connectivity index (χ0) is 22.9. The van der Waals surface area contributed by atoms with E-state index in [1.807, 2.05) is 24.3 Å². The molecule has 0 radical (unpaired) electrons. The first-order valence-corrected chi connectivity index (χ1v) is 11.1. The molecule has 1 saturated heterocycles. The molecule has 1 amide bonds. The normalized spacial score (nSPS) is 19.9. The molecule has 9 heteroatoms. The monoisotopic (exact) mass is 449 g/mol. The van der Waals surface area contributed by atoms with Gasteiger partial charge in [0.05, 0.1) is 23.9 Å². The molecule has 2 aliphatic rings. The summed E-state index contributed by atoms with van der Waals surface area (Å²) in [5, 5.41) is 7.31. The topological polar surface area (TPSA) is 97.8 Å². The van der Waals surface area contributed by atoms with E-state index >= 15 is 0 Å². The van der Waals surface area contributed by atoms with Gasteiger partial charge in [0.15, 0.2) is 11.5 Å². The predicted molar refractivity (Wildman–Crippen MR) is 126 cm³/mol. The number of carbonyl (C=O) groups excluding carboxylic acids is 1. The van der Waals surface area contributed by atoms with Gasteiger partial charge >= 0.3 is 6.01 Å². The first-order chi connectivity index (χ1) is 16.0. The number of ether oxygens (including phenoxy) is 3. The molecule has 0 aliphatic carbocycles. The number of hydrogen-bond donors (Lipinski definition) is 2. The van der Waals surface area contributed by atoms with Crippen LogP contribution in [0.2, 0.25) is 0 Å². The van der Waals surface area contributed by atoms with Crippen molar-refractivity contribution >= 4 is 28.2 Å². The molecule has 2 aliphatic heterocycles. The zero-order valence-electron chi connectivity index (χ0n) is 18.9. The van der Waals surface area contributed by atoms with Gasteiger partial charge in [-0.15, -0.1) is 0 Å². The number of benzene rings is 2. The van der Waals surface area contributed by atoms with Crippen molar-refractivity contribution in [3.8, 4) is 17.5 Å². The third-order valence-corrected chi connectivity index (χ3v) is 5.85. The van der Waals surface area contributed by atoms with Gasteiger partial charge in [0.25, 0.3) is 5.91 Å². The van der Waals surface area contributed by atoms with Crippen LogP contribution in [0.25, 0.3) is 10.9 Å². The molecule has 0 bridgehead atoms. The number of hydrogen-bond acceptors (Lipinski definition) is 8. The average molecular weight is 450 g/mol. The molecule has 3 aromatic rings. The van der Waals surface area contributed by atoms with E-state index in [1.165, 1.54) is 7.11 Å².